The lowest BCUT2D eigenvalue weighted by atomic mass is 9.95. The fourth-order valence-corrected chi connectivity index (χ4v) is 2.05. The van der Waals surface area contributed by atoms with Crippen LogP contribution in [0.1, 0.15) is 12.8 Å². The van der Waals surface area contributed by atoms with E-state index in [1.165, 1.54) is 0 Å². The molecule has 0 N–H and O–H groups in total. The largest absolute Gasteiger partial charge is 0.523 e. The first-order chi connectivity index (χ1) is 19.3. The molecule has 0 aliphatic carbocycles. The maximum Gasteiger partial charge on any atom is 0.523 e. The fourth-order valence-electron chi connectivity index (χ4n) is 1.61. The van der Waals surface area contributed by atoms with Gasteiger partial charge in [-0.05, 0) is 0 Å². The molecule has 0 aromatic heterocycles. The zero-order valence-corrected chi connectivity index (χ0v) is 20.8. The number of hydrogen-bond donors (Lipinski definition) is 0. The van der Waals surface area contributed by atoms with E-state index in [4.69, 9.17) is 21.0 Å². The van der Waals surface area contributed by atoms with Crippen molar-refractivity contribution in [2.75, 3.05) is 6.61 Å². The smallest absolute Gasteiger partial charge is 0.257 e. The van der Waals surface area contributed by atoms with E-state index < -0.39 is 83.0 Å². The first-order valence-corrected chi connectivity index (χ1v) is 11.0. The third kappa shape index (κ3) is 10.6. The van der Waals surface area contributed by atoms with Gasteiger partial charge >= 0.3 is 64.0 Å². The summed E-state index contributed by atoms with van der Waals surface area (Å²) < 4.78 is 255. The number of halogens is 19. The highest BCUT2D eigenvalue weighted by Crippen LogP contribution is 2.51. The number of alkyl halides is 19. The summed E-state index contributed by atoms with van der Waals surface area (Å²) in [6, 6.07) is 5.02. The highest BCUT2D eigenvalue weighted by molar-refractivity contribution is 7.87. The predicted octanol–water partition coefficient (Wildman–Crippen LogP) is 6.66. The van der Waals surface area contributed by atoms with E-state index >= 15 is 0 Å². The Morgan fingerprint density at radius 3 is 1.14 bits per heavy atom. The van der Waals surface area contributed by atoms with Crippen LogP contribution in [0.5, 0.6) is 0 Å². The summed E-state index contributed by atoms with van der Waals surface area (Å²) in [7, 11) is -6.80. The molecule has 0 heterocycles. The van der Waals surface area contributed by atoms with Gasteiger partial charge in [-0.2, -0.15) is 95.3 Å². The Balaban J connectivity index is -0.000000667. The maximum atomic E-state index is 12.8. The molecule has 44 heavy (non-hydrogen) atoms. The highest BCUT2D eigenvalue weighted by Gasteiger charge is 2.76. The molecule has 27 heteroatoms. The van der Waals surface area contributed by atoms with Crippen LogP contribution in [-0.2, 0) is 14.3 Å². The summed E-state index contributed by atoms with van der Waals surface area (Å²) in [6.07, 6.45) is -12.6. The normalized spacial score (nSPS) is 13.5. The van der Waals surface area contributed by atoms with Crippen LogP contribution >= 0.6 is 0 Å². The van der Waals surface area contributed by atoms with E-state index in [1.807, 2.05) is 0 Å². The summed E-state index contributed by atoms with van der Waals surface area (Å²) in [6.45, 7) is -3.41. The van der Waals surface area contributed by atoms with Crippen molar-refractivity contribution >= 4 is 10.1 Å². The highest BCUT2D eigenvalue weighted by atomic mass is 32.2. The average Bonchev–Trinajstić information content (AvgIpc) is 2.86. The minimum Gasteiger partial charge on any atom is -0.257 e. The second-order valence-corrected chi connectivity index (χ2v) is 8.68. The van der Waals surface area contributed by atoms with Gasteiger partial charge in [-0.25, -0.2) is 17.6 Å². The van der Waals surface area contributed by atoms with Crippen LogP contribution in [0.15, 0.2) is 0 Å². The summed E-state index contributed by atoms with van der Waals surface area (Å²) in [5.41, 5.74) is -6.30. The van der Waals surface area contributed by atoms with Gasteiger partial charge < -0.3 is 0 Å². The first kappa shape index (κ1) is 45.0. The Morgan fingerprint density at radius 1 is 0.591 bits per heavy atom. The molecular formula is C17H9F19N4O3S. The van der Waals surface area contributed by atoms with Crippen LogP contribution in [0, 0.1) is 51.2 Å². The SMILES string of the molecule is N#CC(C#N)CC(F)(F)C(F)(F)C(F)(F)C(F)F.N#CCC#N.O=S(=O)(OCC(F)(F)C(F)(F)C(F)(F)C(F)F)C(F)(F)F. The average molecular weight is 710 g/mol. The van der Waals surface area contributed by atoms with Crippen molar-refractivity contribution in [3.63, 3.8) is 0 Å². The topological polar surface area (TPSA) is 139 Å². The van der Waals surface area contributed by atoms with Crippen LogP contribution in [0.2, 0.25) is 0 Å². The van der Waals surface area contributed by atoms with E-state index in [0.29, 0.717) is 0 Å². The Kier molecular flexibility index (Phi) is 15.9. The molecule has 0 atom stereocenters. The lowest BCUT2D eigenvalue weighted by molar-refractivity contribution is -0.342. The van der Waals surface area contributed by atoms with Crippen molar-refractivity contribution in [1.82, 2.24) is 0 Å². The van der Waals surface area contributed by atoms with Crippen molar-refractivity contribution in [3.8, 4) is 24.3 Å². The van der Waals surface area contributed by atoms with Crippen molar-refractivity contribution in [3.05, 3.63) is 0 Å². The molecule has 254 valence electrons. The monoisotopic (exact) mass is 710 g/mol. The van der Waals surface area contributed by atoms with Crippen LogP contribution in [0.4, 0.5) is 83.4 Å². The molecule has 0 saturated carbocycles. The summed E-state index contributed by atoms with van der Waals surface area (Å²) in [5, 5.41) is 31.3. The Morgan fingerprint density at radius 2 is 0.909 bits per heavy atom. The maximum absolute atomic E-state index is 12.8. The fraction of sp³-hybridized carbons (Fsp3) is 0.765. The lowest BCUT2D eigenvalue weighted by Crippen LogP contribution is -2.59. The molecule has 0 saturated heterocycles. The second kappa shape index (κ2) is 15.5. The van der Waals surface area contributed by atoms with Gasteiger partial charge in [0.25, 0.3) is 0 Å². The zero-order valence-electron chi connectivity index (χ0n) is 20.0. The molecule has 0 fully saturated rings. The molecule has 0 amide bonds. The van der Waals surface area contributed by atoms with Gasteiger partial charge in [-0.15, -0.1) is 0 Å². The molecular weight excluding hydrogens is 701 g/mol. The van der Waals surface area contributed by atoms with Crippen LogP contribution in [-0.4, -0.2) is 68.9 Å². The van der Waals surface area contributed by atoms with E-state index in [1.54, 1.807) is 12.1 Å². The van der Waals surface area contributed by atoms with E-state index in [9.17, 15) is 91.8 Å². The van der Waals surface area contributed by atoms with E-state index in [2.05, 4.69) is 4.18 Å². The molecule has 0 aliphatic rings. The molecule has 0 unspecified atom stereocenters. The third-order valence-corrected chi connectivity index (χ3v) is 4.91. The molecule has 0 bridgehead atoms. The molecule has 0 rings (SSSR count). The second-order valence-electron chi connectivity index (χ2n) is 7.07. The molecule has 0 aromatic rings. The van der Waals surface area contributed by atoms with E-state index in [-0.39, 0.29) is 6.42 Å². The predicted molar refractivity (Wildman–Crippen MR) is 97.8 cm³/mol. The minimum atomic E-state index is -6.87. The van der Waals surface area contributed by atoms with Crippen molar-refractivity contribution in [2.24, 2.45) is 5.92 Å². The molecule has 0 radical (unpaired) electrons. The summed E-state index contributed by atoms with van der Waals surface area (Å²) >= 11 is 0. The third-order valence-electron chi connectivity index (χ3n) is 3.91. The van der Waals surface area contributed by atoms with E-state index in [0.717, 1.165) is 12.1 Å². The van der Waals surface area contributed by atoms with Gasteiger partial charge in [0.05, 0.1) is 24.3 Å². The van der Waals surface area contributed by atoms with Gasteiger partial charge in [0, 0.05) is 6.42 Å². The Hall–Kier alpha value is -3.46. The Bertz CT molecular complexity index is 1180. The number of hydrogen-bond acceptors (Lipinski definition) is 7. The van der Waals surface area contributed by atoms with Gasteiger partial charge in [0.2, 0.25) is 0 Å². The zero-order chi connectivity index (χ0) is 36.4. The molecule has 0 aliphatic heterocycles. The summed E-state index contributed by atoms with van der Waals surface area (Å²) in [4.78, 5) is 0. The molecule has 7 nitrogen and oxygen atoms in total. The lowest BCUT2D eigenvalue weighted by Gasteiger charge is -2.32. The number of rotatable bonds is 11. The van der Waals surface area contributed by atoms with Crippen molar-refractivity contribution in [1.29, 1.82) is 21.0 Å². The van der Waals surface area contributed by atoms with Gasteiger partial charge in [0.15, 0.2) is 0 Å². The standard InChI is InChI=1S/C8H4F8N2.C6H3F11O3S.C3H2N2/c9-5(10)7(13,14)8(15,16)6(11,12)1-4(2-17)3-18;7-2(8)4(11,12)5(13,14)3(9,10)1-20-21(18,19)6(15,16)17;4-2-1-3-5/h4-5H,1H2;2H,1H2;1H2. The number of nitriles is 4. The molecule has 0 aromatic carbocycles. The minimum absolute atomic E-state index is 0. The number of nitrogens with zero attached hydrogens (tertiary/aromatic N) is 4. The molecule has 0 spiro atoms. The van der Waals surface area contributed by atoms with Gasteiger partial charge in [-0.1, -0.05) is 0 Å². The van der Waals surface area contributed by atoms with Gasteiger partial charge in [-0.3, -0.25) is 4.18 Å². The van der Waals surface area contributed by atoms with Crippen molar-refractivity contribution in [2.45, 2.75) is 66.7 Å². The first-order valence-electron chi connectivity index (χ1n) is 9.57. The quantitative estimate of drug-likeness (QED) is 0.133. The van der Waals surface area contributed by atoms with Crippen LogP contribution < -0.4 is 0 Å². The van der Waals surface area contributed by atoms with Crippen molar-refractivity contribution < 1.29 is 96.0 Å². The van der Waals surface area contributed by atoms with Crippen LogP contribution in [0.25, 0.3) is 0 Å². The van der Waals surface area contributed by atoms with Crippen LogP contribution in [0.3, 0.4) is 0 Å². The Labute approximate surface area is 231 Å². The summed E-state index contributed by atoms with van der Waals surface area (Å²) in [5.74, 6) is -40.4. The van der Waals surface area contributed by atoms with Gasteiger partial charge in [0.1, 0.15) is 18.9 Å².